The quantitative estimate of drug-likeness (QED) is 0.700. The Kier molecular flexibility index (Phi) is 7.01. The second-order valence-electron chi connectivity index (χ2n) is 4.93. The fourth-order valence-corrected chi connectivity index (χ4v) is 2.26. The van der Waals surface area contributed by atoms with E-state index in [1.54, 1.807) is 0 Å². The van der Waals surface area contributed by atoms with E-state index in [2.05, 4.69) is 12.2 Å². The normalized spacial score (nSPS) is 20.4. The highest BCUT2D eigenvalue weighted by atomic mass is 16.3. The Morgan fingerprint density at radius 1 is 1.41 bits per heavy atom. The maximum absolute atomic E-state index is 11.8. The zero-order valence-corrected chi connectivity index (χ0v) is 11.0. The van der Waals surface area contributed by atoms with Crippen LogP contribution in [0.5, 0.6) is 0 Å². The average molecular weight is 242 g/mol. The van der Waals surface area contributed by atoms with E-state index in [1.165, 1.54) is 19.3 Å². The molecule has 4 heteroatoms. The maximum Gasteiger partial charge on any atom is 0.317 e. The second-order valence-corrected chi connectivity index (χ2v) is 4.93. The van der Waals surface area contributed by atoms with E-state index < -0.39 is 0 Å². The van der Waals surface area contributed by atoms with E-state index in [-0.39, 0.29) is 18.6 Å². The van der Waals surface area contributed by atoms with Gasteiger partial charge in [-0.05, 0) is 25.2 Å². The molecule has 1 atom stereocenters. The number of nitrogens with zero attached hydrogens (tertiary/aromatic N) is 1. The van der Waals surface area contributed by atoms with Crippen molar-refractivity contribution in [2.24, 2.45) is 5.92 Å². The monoisotopic (exact) mass is 242 g/mol. The third-order valence-corrected chi connectivity index (χ3v) is 3.37. The fourth-order valence-electron chi connectivity index (χ4n) is 2.26. The van der Waals surface area contributed by atoms with Crippen molar-refractivity contribution < 1.29 is 9.90 Å². The van der Waals surface area contributed by atoms with Crippen molar-refractivity contribution in [1.82, 2.24) is 10.2 Å². The van der Waals surface area contributed by atoms with E-state index in [0.29, 0.717) is 6.54 Å². The number of hydrogen-bond acceptors (Lipinski definition) is 2. The summed E-state index contributed by atoms with van der Waals surface area (Å²) >= 11 is 0. The number of urea groups is 1. The van der Waals surface area contributed by atoms with Gasteiger partial charge in [0, 0.05) is 26.2 Å². The molecule has 1 aliphatic heterocycles. The van der Waals surface area contributed by atoms with Gasteiger partial charge in [-0.2, -0.15) is 0 Å². The summed E-state index contributed by atoms with van der Waals surface area (Å²) in [5, 5.41) is 12.1. The molecule has 0 spiro atoms. The van der Waals surface area contributed by atoms with Gasteiger partial charge in [-0.25, -0.2) is 4.79 Å². The first-order chi connectivity index (χ1) is 8.27. The molecule has 17 heavy (non-hydrogen) atoms. The molecule has 1 heterocycles. The maximum atomic E-state index is 11.8. The summed E-state index contributed by atoms with van der Waals surface area (Å²) in [6, 6.07) is 0.0413. The van der Waals surface area contributed by atoms with Crippen LogP contribution in [-0.4, -0.2) is 42.3 Å². The number of aliphatic hydroxyl groups excluding tert-OH is 1. The highest BCUT2D eigenvalue weighted by molar-refractivity contribution is 5.74. The molecule has 1 unspecified atom stereocenters. The van der Waals surface area contributed by atoms with Gasteiger partial charge in [-0.3, -0.25) is 0 Å². The smallest absolute Gasteiger partial charge is 0.317 e. The molecule has 1 fully saturated rings. The Morgan fingerprint density at radius 2 is 2.24 bits per heavy atom. The Bertz CT molecular complexity index is 221. The fraction of sp³-hybridized carbons (Fsp3) is 0.923. The van der Waals surface area contributed by atoms with Gasteiger partial charge in [0.1, 0.15) is 0 Å². The minimum atomic E-state index is 0.0413. The summed E-state index contributed by atoms with van der Waals surface area (Å²) in [6.07, 6.45) is 6.77. The lowest BCUT2D eigenvalue weighted by Crippen LogP contribution is -2.46. The Hall–Kier alpha value is -0.770. The molecule has 0 aromatic rings. The third-order valence-electron chi connectivity index (χ3n) is 3.37. The molecule has 0 aromatic carbocycles. The van der Waals surface area contributed by atoms with Gasteiger partial charge < -0.3 is 15.3 Å². The molecule has 1 aliphatic rings. The molecular weight excluding hydrogens is 216 g/mol. The van der Waals surface area contributed by atoms with Crippen LogP contribution in [0, 0.1) is 5.92 Å². The average Bonchev–Trinajstić information content (AvgIpc) is 2.38. The minimum Gasteiger partial charge on any atom is -0.396 e. The molecule has 0 radical (unpaired) electrons. The largest absolute Gasteiger partial charge is 0.396 e. The standard InChI is InChI=1S/C13H26N2O2/c1-2-3-4-5-8-14-13(17)15-9-6-7-12(10-15)11-16/h12,16H,2-11H2,1H3,(H,14,17). The lowest BCUT2D eigenvalue weighted by atomic mass is 9.99. The highest BCUT2D eigenvalue weighted by Gasteiger charge is 2.22. The topological polar surface area (TPSA) is 52.6 Å². The second kappa shape index (κ2) is 8.34. The molecule has 0 bridgehead atoms. The lowest BCUT2D eigenvalue weighted by Gasteiger charge is -2.31. The van der Waals surface area contributed by atoms with Crippen molar-refractivity contribution in [1.29, 1.82) is 0 Å². The Morgan fingerprint density at radius 3 is 2.94 bits per heavy atom. The van der Waals surface area contributed by atoms with Gasteiger partial charge in [-0.1, -0.05) is 26.2 Å². The molecule has 0 aromatic heterocycles. The summed E-state index contributed by atoms with van der Waals surface area (Å²) < 4.78 is 0. The number of likely N-dealkylation sites (tertiary alicyclic amines) is 1. The van der Waals surface area contributed by atoms with Crippen molar-refractivity contribution in [3.05, 3.63) is 0 Å². The van der Waals surface area contributed by atoms with E-state index in [4.69, 9.17) is 5.11 Å². The predicted molar refractivity (Wildman–Crippen MR) is 68.9 cm³/mol. The van der Waals surface area contributed by atoms with Gasteiger partial charge in [-0.15, -0.1) is 0 Å². The molecule has 0 aliphatic carbocycles. The van der Waals surface area contributed by atoms with Crippen LogP contribution in [0.2, 0.25) is 0 Å². The number of aliphatic hydroxyl groups is 1. The van der Waals surface area contributed by atoms with Crippen molar-refractivity contribution in [3.8, 4) is 0 Å². The number of piperidine rings is 1. The van der Waals surface area contributed by atoms with E-state index in [1.807, 2.05) is 4.90 Å². The van der Waals surface area contributed by atoms with Gasteiger partial charge in [0.05, 0.1) is 0 Å². The minimum absolute atomic E-state index is 0.0413. The van der Waals surface area contributed by atoms with Crippen LogP contribution >= 0.6 is 0 Å². The van der Waals surface area contributed by atoms with Crippen LogP contribution in [0.25, 0.3) is 0 Å². The lowest BCUT2D eigenvalue weighted by molar-refractivity contribution is 0.129. The van der Waals surface area contributed by atoms with E-state index in [9.17, 15) is 4.79 Å². The molecule has 2 N–H and O–H groups in total. The number of rotatable bonds is 6. The molecule has 1 saturated heterocycles. The zero-order chi connectivity index (χ0) is 12.5. The summed E-state index contributed by atoms with van der Waals surface area (Å²) in [7, 11) is 0. The number of carbonyl (C=O) groups excluding carboxylic acids is 1. The molecule has 2 amide bonds. The van der Waals surface area contributed by atoms with Crippen LogP contribution in [0.4, 0.5) is 4.79 Å². The molecule has 1 rings (SSSR count). The first-order valence-corrected chi connectivity index (χ1v) is 6.91. The first-order valence-electron chi connectivity index (χ1n) is 6.91. The van der Waals surface area contributed by atoms with Crippen LogP contribution in [-0.2, 0) is 0 Å². The summed E-state index contributed by atoms with van der Waals surface area (Å²) in [4.78, 5) is 13.7. The summed E-state index contributed by atoms with van der Waals surface area (Å²) in [5.74, 6) is 0.273. The van der Waals surface area contributed by atoms with Gasteiger partial charge in [0.15, 0.2) is 0 Å². The molecule has 0 saturated carbocycles. The summed E-state index contributed by atoms with van der Waals surface area (Å²) in [6.45, 7) is 4.69. The first kappa shape index (κ1) is 14.3. The van der Waals surface area contributed by atoms with Gasteiger partial charge >= 0.3 is 6.03 Å². The van der Waals surface area contributed by atoms with Crippen molar-refractivity contribution in [2.45, 2.75) is 45.4 Å². The molecule has 100 valence electrons. The van der Waals surface area contributed by atoms with Crippen molar-refractivity contribution >= 4 is 6.03 Å². The SMILES string of the molecule is CCCCCCNC(=O)N1CCCC(CO)C1. The number of amides is 2. The van der Waals surface area contributed by atoms with Gasteiger partial charge in [0.25, 0.3) is 0 Å². The van der Waals surface area contributed by atoms with Crippen LogP contribution in [0.1, 0.15) is 45.4 Å². The zero-order valence-electron chi connectivity index (χ0n) is 11.0. The Balaban J connectivity index is 2.14. The van der Waals surface area contributed by atoms with Crippen LogP contribution in [0.15, 0.2) is 0 Å². The van der Waals surface area contributed by atoms with Gasteiger partial charge in [0.2, 0.25) is 0 Å². The van der Waals surface area contributed by atoms with Crippen LogP contribution in [0.3, 0.4) is 0 Å². The number of nitrogens with one attached hydrogen (secondary N) is 1. The molecular formula is C13H26N2O2. The van der Waals surface area contributed by atoms with Crippen molar-refractivity contribution in [3.63, 3.8) is 0 Å². The van der Waals surface area contributed by atoms with E-state index >= 15 is 0 Å². The third kappa shape index (κ3) is 5.39. The highest BCUT2D eigenvalue weighted by Crippen LogP contribution is 2.15. The number of unbranched alkanes of at least 4 members (excludes halogenated alkanes) is 3. The summed E-state index contributed by atoms with van der Waals surface area (Å²) in [5.41, 5.74) is 0. The number of hydrogen-bond donors (Lipinski definition) is 2. The van der Waals surface area contributed by atoms with Crippen LogP contribution < -0.4 is 5.32 Å². The number of carbonyl (C=O) groups is 1. The predicted octanol–water partition coefficient (Wildman–Crippen LogP) is 1.98. The van der Waals surface area contributed by atoms with E-state index in [0.717, 1.165) is 32.4 Å². The Labute approximate surface area is 104 Å². The molecule has 4 nitrogen and oxygen atoms in total. The van der Waals surface area contributed by atoms with Crippen molar-refractivity contribution in [2.75, 3.05) is 26.2 Å².